The molecule has 0 spiro atoms. The van der Waals surface area contributed by atoms with Crippen molar-refractivity contribution < 1.29 is 9.84 Å². The Hall–Kier alpha value is -1.83. The summed E-state index contributed by atoms with van der Waals surface area (Å²) < 4.78 is 6.68. The van der Waals surface area contributed by atoms with E-state index in [2.05, 4.69) is 22.0 Å². The van der Waals surface area contributed by atoms with Gasteiger partial charge < -0.3 is 9.84 Å². The molecule has 4 heteroatoms. The number of ether oxygens (including phenoxy) is 1. The smallest absolute Gasteiger partial charge is 0.134 e. The van der Waals surface area contributed by atoms with Crippen molar-refractivity contribution in [1.82, 2.24) is 0 Å². The first-order valence-electron chi connectivity index (χ1n) is 5.72. The summed E-state index contributed by atoms with van der Waals surface area (Å²) in [5.41, 5.74) is 2.17. The van der Waals surface area contributed by atoms with Gasteiger partial charge in [0.05, 0.1) is 18.2 Å². The summed E-state index contributed by atoms with van der Waals surface area (Å²) in [4.78, 5) is 0. The molecule has 1 N–H and O–H groups in total. The van der Waals surface area contributed by atoms with Gasteiger partial charge in [-0.3, -0.25) is 0 Å². The molecule has 0 aliphatic rings. The number of rotatable bonds is 3. The second-order valence-electron chi connectivity index (χ2n) is 4.10. The zero-order chi connectivity index (χ0) is 13.8. The number of aryl methyl sites for hydroxylation is 1. The molecule has 0 bridgehead atoms. The molecule has 19 heavy (non-hydrogen) atoms. The van der Waals surface area contributed by atoms with Gasteiger partial charge in [-0.2, -0.15) is 5.26 Å². The molecule has 2 aromatic carbocycles. The number of halogens is 1. The summed E-state index contributed by atoms with van der Waals surface area (Å²) in [5.74, 6) is 1.20. The Labute approximate surface area is 120 Å². The Balaban J connectivity index is 2.41. The molecule has 0 aliphatic carbocycles. The first-order chi connectivity index (χ1) is 9.13. The average Bonchev–Trinajstić information content (AvgIpc) is 2.41. The van der Waals surface area contributed by atoms with Crippen LogP contribution < -0.4 is 4.74 Å². The predicted octanol–water partition coefficient (Wildman–Crippen LogP) is 3.91. The van der Waals surface area contributed by atoms with Crippen LogP contribution in [0.5, 0.6) is 11.5 Å². The topological polar surface area (TPSA) is 53.2 Å². The summed E-state index contributed by atoms with van der Waals surface area (Å²) >= 11 is 3.37. The molecule has 2 aromatic rings. The van der Waals surface area contributed by atoms with Gasteiger partial charge in [0.15, 0.2) is 0 Å². The van der Waals surface area contributed by atoms with Crippen molar-refractivity contribution in [2.24, 2.45) is 0 Å². The lowest BCUT2D eigenvalue weighted by Gasteiger charge is -2.12. The van der Waals surface area contributed by atoms with Crippen molar-refractivity contribution in [3.05, 3.63) is 57.6 Å². The summed E-state index contributed by atoms with van der Waals surface area (Å²) in [7, 11) is 0. The second-order valence-corrected chi connectivity index (χ2v) is 5.02. The van der Waals surface area contributed by atoms with Crippen LogP contribution in [0, 0.1) is 18.3 Å². The van der Waals surface area contributed by atoms with E-state index in [0.717, 1.165) is 10.0 Å². The van der Waals surface area contributed by atoms with Crippen LogP contribution in [0.15, 0.2) is 40.9 Å². The number of aliphatic hydroxyl groups excluding tert-OH is 1. The third-order valence-electron chi connectivity index (χ3n) is 2.74. The number of aliphatic hydroxyl groups is 1. The monoisotopic (exact) mass is 317 g/mol. The molecular weight excluding hydrogens is 306 g/mol. The van der Waals surface area contributed by atoms with E-state index in [1.54, 1.807) is 24.3 Å². The zero-order valence-electron chi connectivity index (χ0n) is 10.4. The number of benzene rings is 2. The van der Waals surface area contributed by atoms with Crippen molar-refractivity contribution in [2.45, 2.75) is 13.5 Å². The number of hydrogen-bond acceptors (Lipinski definition) is 3. The van der Waals surface area contributed by atoms with Crippen LogP contribution in [0.25, 0.3) is 0 Å². The maximum atomic E-state index is 9.31. The maximum absolute atomic E-state index is 9.31. The molecule has 0 heterocycles. The van der Waals surface area contributed by atoms with Crippen LogP contribution in [0.4, 0.5) is 0 Å². The minimum Gasteiger partial charge on any atom is -0.457 e. The van der Waals surface area contributed by atoms with E-state index in [0.29, 0.717) is 22.6 Å². The van der Waals surface area contributed by atoms with Gasteiger partial charge in [-0.1, -0.05) is 28.1 Å². The first kappa shape index (κ1) is 13.6. The molecule has 3 nitrogen and oxygen atoms in total. The molecule has 2 rings (SSSR count). The molecular formula is C15H12BrNO2. The molecule has 0 radical (unpaired) electrons. The van der Waals surface area contributed by atoms with Gasteiger partial charge in [0.1, 0.15) is 11.5 Å². The second kappa shape index (κ2) is 5.87. The highest BCUT2D eigenvalue weighted by Gasteiger charge is 2.08. The Morgan fingerprint density at radius 3 is 2.68 bits per heavy atom. The molecule has 96 valence electrons. The first-order valence-corrected chi connectivity index (χ1v) is 6.51. The van der Waals surface area contributed by atoms with Crippen molar-refractivity contribution in [3.8, 4) is 17.6 Å². The Morgan fingerprint density at radius 1 is 1.21 bits per heavy atom. The van der Waals surface area contributed by atoms with Crippen molar-refractivity contribution >= 4 is 15.9 Å². The maximum Gasteiger partial charge on any atom is 0.134 e. The van der Waals surface area contributed by atoms with Gasteiger partial charge in [0.2, 0.25) is 0 Å². The zero-order valence-corrected chi connectivity index (χ0v) is 11.9. The van der Waals surface area contributed by atoms with Gasteiger partial charge in [0, 0.05) is 10.0 Å². The fourth-order valence-electron chi connectivity index (χ4n) is 1.65. The van der Waals surface area contributed by atoms with Crippen LogP contribution in [-0.4, -0.2) is 5.11 Å². The van der Waals surface area contributed by atoms with E-state index in [4.69, 9.17) is 10.00 Å². The highest BCUT2D eigenvalue weighted by atomic mass is 79.9. The summed E-state index contributed by atoms with van der Waals surface area (Å²) in [5, 5.41) is 18.2. The molecule has 0 saturated heterocycles. The fourth-order valence-corrected chi connectivity index (χ4v) is 1.99. The van der Waals surface area contributed by atoms with Crippen LogP contribution >= 0.6 is 15.9 Å². The van der Waals surface area contributed by atoms with Crippen LogP contribution in [0.1, 0.15) is 16.7 Å². The molecule has 0 atom stereocenters. The standard InChI is InChI=1S/C15H12BrNO2/c1-10-2-3-11(8-17)6-14(10)19-15-7-13(16)5-4-12(15)9-18/h2-7,18H,9H2,1H3. The minimum atomic E-state index is -0.0976. The van der Waals surface area contributed by atoms with E-state index in [-0.39, 0.29) is 6.61 Å². The summed E-state index contributed by atoms with van der Waals surface area (Å²) in [6.45, 7) is 1.81. The summed E-state index contributed by atoms with van der Waals surface area (Å²) in [6, 6.07) is 12.8. The number of nitriles is 1. The number of nitrogens with zero attached hydrogens (tertiary/aromatic N) is 1. The van der Waals surface area contributed by atoms with Gasteiger partial charge in [-0.25, -0.2) is 0 Å². The molecule has 0 fully saturated rings. The van der Waals surface area contributed by atoms with E-state index in [1.165, 1.54) is 0 Å². The molecule has 0 aromatic heterocycles. The molecule has 0 unspecified atom stereocenters. The Bertz CT molecular complexity index is 647. The van der Waals surface area contributed by atoms with E-state index in [1.807, 2.05) is 19.1 Å². The van der Waals surface area contributed by atoms with Crippen molar-refractivity contribution in [1.29, 1.82) is 5.26 Å². The van der Waals surface area contributed by atoms with Gasteiger partial charge in [-0.05, 0) is 36.8 Å². The van der Waals surface area contributed by atoms with E-state index in [9.17, 15) is 5.11 Å². The van der Waals surface area contributed by atoms with Crippen LogP contribution in [-0.2, 0) is 6.61 Å². The highest BCUT2D eigenvalue weighted by Crippen LogP contribution is 2.31. The third-order valence-corrected chi connectivity index (χ3v) is 3.23. The Morgan fingerprint density at radius 2 is 2.00 bits per heavy atom. The lowest BCUT2D eigenvalue weighted by atomic mass is 10.1. The van der Waals surface area contributed by atoms with Gasteiger partial charge in [-0.15, -0.1) is 0 Å². The highest BCUT2D eigenvalue weighted by molar-refractivity contribution is 9.10. The van der Waals surface area contributed by atoms with Crippen LogP contribution in [0.3, 0.4) is 0 Å². The third kappa shape index (κ3) is 3.14. The number of hydrogen-bond donors (Lipinski definition) is 1. The van der Waals surface area contributed by atoms with Crippen molar-refractivity contribution in [2.75, 3.05) is 0 Å². The van der Waals surface area contributed by atoms with E-state index < -0.39 is 0 Å². The van der Waals surface area contributed by atoms with Gasteiger partial charge >= 0.3 is 0 Å². The molecule has 0 amide bonds. The minimum absolute atomic E-state index is 0.0976. The van der Waals surface area contributed by atoms with Crippen LogP contribution in [0.2, 0.25) is 0 Å². The lowest BCUT2D eigenvalue weighted by Crippen LogP contribution is -1.94. The van der Waals surface area contributed by atoms with Crippen molar-refractivity contribution in [3.63, 3.8) is 0 Å². The SMILES string of the molecule is Cc1ccc(C#N)cc1Oc1cc(Br)ccc1CO. The quantitative estimate of drug-likeness (QED) is 0.933. The van der Waals surface area contributed by atoms with E-state index >= 15 is 0 Å². The summed E-state index contributed by atoms with van der Waals surface area (Å²) in [6.07, 6.45) is 0. The Kier molecular flexibility index (Phi) is 4.20. The average molecular weight is 318 g/mol. The predicted molar refractivity (Wildman–Crippen MR) is 76.0 cm³/mol. The van der Waals surface area contributed by atoms with Gasteiger partial charge in [0.25, 0.3) is 0 Å². The largest absolute Gasteiger partial charge is 0.457 e. The molecule has 0 saturated carbocycles. The fraction of sp³-hybridized carbons (Fsp3) is 0.133. The lowest BCUT2D eigenvalue weighted by molar-refractivity contribution is 0.276. The molecule has 0 aliphatic heterocycles. The normalized spacial score (nSPS) is 10.0.